The Bertz CT molecular complexity index is 800. The summed E-state index contributed by atoms with van der Waals surface area (Å²) in [4.78, 5) is 19.5. The van der Waals surface area contributed by atoms with Crippen LogP contribution >= 0.6 is 0 Å². The number of halogens is 1. The Balaban J connectivity index is 1.63. The van der Waals surface area contributed by atoms with Crippen LogP contribution in [0.2, 0.25) is 0 Å². The summed E-state index contributed by atoms with van der Waals surface area (Å²) in [6, 6.07) is 10.5. The first-order valence-corrected chi connectivity index (χ1v) is 9.28. The molecule has 4 nitrogen and oxygen atoms in total. The molecule has 0 unspecified atom stereocenters. The summed E-state index contributed by atoms with van der Waals surface area (Å²) < 4.78 is 18.8. The first-order valence-electron chi connectivity index (χ1n) is 9.28. The molecule has 136 valence electrons. The first-order chi connectivity index (χ1) is 12.6. The van der Waals surface area contributed by atoms with Crippen LogP contribution in [0.5, 0.6) is 0 Å². The van der Waals surface area contributed by atoms with E-state index in [1.54, 1.807) is 12.1 Å². The number of aryl methyl sites for hydroxylation is 1. The molecule has 4 rings (SSSR count). The number of carbonyl (C=O) groups is 1. The molecule has 0 bridgehead atoms. The van der Waals surface area contributed by atoms with E-state index in [9.17, 15) is 9.18 Å². The zero-order chi connectivity index (χ0) is 18.1. The molecule has 1 aromatic carbocycles. The largest absolute Gasteiger partial charge is 0.368 e. The number of pyridine rings is 1. The number of rotatable bonds is 3. The van der Waals surface area contributed by atoms with Crippen molar-refractivity contribution in [3.8, 4) is 11.1 Å². The quantitative estimate of drug-likeness (QED) is 0.835. The minimum Gasteiger partial charge on any atom is -0.368 e. The van der Waals surface area contributed by atoms with E-state index in [-0.39, 0.29) is 23.9 Å². The van der Waals surface area contributed by atoms with E-state index in [1.807, 2.05) is 24.0 Å². The molecule has 2 aliphatic heterocycles. The highest BCUT2D eigenvalue weighted by molar-refractivity contribution is 5.82. The summed E-state index contributed by atoms with van der Waals surface area (Å²) in [5.41, 5.74) is 3.77. The van der Waals surface area contributed by atoms with Crippen molar-refractivity contribution >= 4 is 5.91 Å². The van der Waals surface area contributed by atoms with Gasteiger partial charge in [-0.1, -0.05) is 12.1 Å². The van der Waals surface area contributed by atoms with Gasteiger partial charge in [0.1, 0.15) is 11.9 Å². The molecule has 2 aromatic rings. The van der Waals surface area contributed by atoms with Gasteiger partial charge in [0.25, 0.3) is 5.91 Å². The first kappa shape index (κ1) is 17.2. The lowest BCUT2D eigenvalue weighted by Gasteiger charge is -2.27. The molecule has 1 aromatic heterocycles. The van der Waals surface area contributed by atoms with Crippen molar-refractivity contribution in [3.63, 3.8) is 0 Å². The van der Waals surface area contributed by atoms with Gasteiger partial charge in [0.05, 0.1) is 11.7 Å². The number of hydrogen-bond donors (Lipinski definition) is 0. The number of aromatic nitrogens is 1. The Morgan fingerprint density at radius 2 is 1.96 bits per heavy atom. The zero-order valence-corrected chi connectivity index (χ0v) is 15.0. The normalized spacial score (nSPS) is 22.8. The molecule has 2 saturated heterocycles. The number of ether oxygens (including phenoxy) is 1. The molecular weight excluding hydrogens is 331 g/mol. The third-order valence-corrected chi connectivity index (χ3v) is 5.23. The number of benzene rings is 1. The van der Waals surface area contributed by atoms with Crippen LogP contribution in [-0.4, -0.2) is 35.0 Å². The molecule has 2 aliphatic rings. The lowest BCUT2D eigenvalue weighted by molar-refractivity contribution is -0.142. The van der Waals surface area contributed by atoms with Crippen molar-refractivity contribution in [1.29, 1.82) is 0 Å². The maximum atomic E-state index is 13.2. The van der Waals surface area contributed by atoms with E-state index in [1.165, 1.54) is 12.1 Å². The van der Waals surface area contributed by atoms with E-state index < -0.39 is 0 Å². The summed E-state index contributed by atoms with van der Waals surface area (Å²) >= 11 is 0. The van der Waals surface area contributed by atoms with Gasteiger partial charge < -0.3 is 9.64 Å². The number of carbonyl (C=O) groups excluding carboxylic acids is 1. The Kier molecular flexibility index (Phi) is 4.72. The Hall–Kier alpha value is -2.27. The SMILES string of the molecule is Cc1cc(-c2ccc(F)cc2)cc([C@H]2CCCN2C(=O)[C@H]2CCCO2)n1. The van der Waals surface area contributed by atoms with Gasteiger partial charge in [0.15, 0.2) is 0 Å². The molecular formula is C21H23FN2O2. The maximum Gasteiger partial charge on any atom is 0.252 e. The maximum absolute atomic E-state index is 13.2. The fourth-order valence-corrected chi connectivity index (χ4v) is 3.97. The molecule has 0 aliphatic carbocycles. The second-order valence-corrected chi connectivity index (χ2v) is 7.12. The van der Waals surface area contributed by atoms with Crippen molar-refractivity contribution in [3.05, 3.63) is 53.6 Å². The highest BCUT2D eigenvalue weighted by Crippen LogP contribution is 2.34. The number of amides is 1. The Labute approximate surface area is 153 Å². The van der Waals surface area contributed by atoms with Gasteiger partial charge in [-0.3, -0.25) is 9.78 Å². The lowest BCUT2D eigenvalue weighted by atomic mass is 10.0. The minimum atomic E-state index is -0.294. The molecule has 0 spiro atoms. The molecule has 26 heavy (non-hydrogen) atoms. The van der Waals surface area contributed by atoms with E-state index in [2.05, 4.69) is 0 Å². The van der Waals surface area contributed by atoms with Crippen molar-refractivity contribution in [2.45, 2.75) is 44.8 Å². The van der Waals surface area contributed by atoms with Gasteiger partial charge in [0.2, 0.25) is 0 Å². The van der Waals surface area contributed by atoms with Gasteiger partial charge in [-0.25, -0.2) is 4.39 Å². The van der Waals surface area contributed by atoms with Crippen LogP contribution in [0.4, 0.5) is 4.39 Å². The van der Waals surface area contributed by atoms with E-state index >= 15 is 0 Å². The van der Waals surface area contributed by atoms with Crippen LogP contribution in [0.3, 0.4) is 0 Å². The lowest BCUT2D eigenvalue weighted by Crippen LogP contribution is -2.38. The van der Waals surface area contributed by atoms with Gasteiger partial charge >= 0.3 is 0 Å². The van der Waals surface area contributed by atoms with Crippen LogP contribution in [-0.2, 0) is 9.53 Å². The van der Waals surface area contributed by atoms with Gasteiger partial charge in [-0.05, 0) is 68.0 Å². The molecule has 2 fully saturated rings. The van der Waals surface area contributed by atoms with Crippen molar-refractivity contribution in [2.24, 2.45) is 0 Å². The molecule has 3 heterocycles. The second kappa shape index (κ2) is 7.16. The molecule has 0 saturated carbocycles. The Morgan fingerprint density at radius 3 is 2.69 bits per heavy atom. The summed E-state index contributed by atoms with van der Waals surface area (Å²) in [5, 5.41) is 0. The minimum absolute atomic E-state index is 0.00852. The molecule has 1 amide bonds. The summed E-state index contributed by atoms with van der Waals surface area (Å²) in [6.07, 6.45) is 3.36. The van der Waals surface area contributed by atoms with Crippen LogP contribution in [0, 0.1) is 12.7 Å². The van der Waals surface area contributed by atoms with Crippen LogP contribution in [0.15, 0.2) is 36.4 Å². The van der Waals surface area contributed by atoms with Crippen molar-refractivity contribution < 1.29 is 13.9 Å². The summed E-state index contributed by atoms with van der Waals surface area (Å²) in [6.45, 7) is 3.38. The van der Waals surface area contributed by atoms with Crippen LogP contribution in [0.1, 0.15) is 43.1 Å². The fourth-order valence-electron chi connectivity index (χ4n) is 3.97. The average molecular weight is 354 g/mol. The highest BCUT2D eigenvalue weighted by Gasteiger charge is 2.36. The number of nitrogens with zero attached hydrogens (tertiary/aromatic N) is 2. The zero-order valence-electron chi connectivity index (χ0n) is 15.0. The molecule has 2 atom stereocenters. The molecule has 5 heteroatoms. The van der Waals surface area contributed by atoms with Crippen LogP contribution < -0.4 is 0 Å². The monoisotopic (exact) mass is 354 g/mol. The third-order valence-electron chi connectivity index (χ3n) is 5.23. The predicted octanol–water partition coefficient (Wildman–Crippen LogP) is 4.04. The molecule has 0 N–H and O–H groups in total. The van der Waals surface area contributed by atoms with Crippen molar-refractivity contribution in [2.75, 3.05) is 13.2 Å². The van der Waals surface area contributed by atoms with Crippen LogP contribution in [0.25, 0.3) is 11.1 Å². The summed E-state index contributed by atoms with van der Waals surface area (Å²) in [5.74, 6) is -0.152. The average Bonchev–Trinajstić information content (AvgIpc) is 3.33. The highest BCUT2D eigenvalue weighted by atomic mass is 19.1. The predicted molar refractivity (Wildman–Crippen MR) is 97.0 cm³/mol. The standard InChI is InChI=1S/C21H23FN2O2/c1-14-12-16(15-6-8-17(22)9-7-15)13-18(23-14)19-4-2-10-24(19)21(25)20-5-3-11-26-20/h6-9,12-13,19-20H,2-5,10-11H2,1H3/t19-,20-/m1/s1. The van der Waals surface area contributed by atoms with E-state index in [4.69, 9.17) is 9.72 Å². The topological polar surface area (TPSA) is 42.4 Å². The number of likely N-dealkylation sites (tertiary alicyclic amines) is 1. The third kappa shape index (κ3) is 3.36. The Morgan fingerprint density at radius 1 is 1.15 bits per heavy atom. The van der Waals surface area contributed by atoms with Crippen molar-refractivity contribution in [1.82, 2.24) is 9.88 Å². The fraction of sp³-hybridized carbons (Fsp3) is 0.429. The summed E-state index contributed by atoms with van der Waals surface area (Å²) in [7, 11) is 0. The second-order valence-electron chi connectivity index (χ2n) is 7.12. The smallest absolute Gasteiger partial charge is 0.252 e. The van der Waals surface area contributed by atoms with Gasteiger partial charge in [0, 0.05) is 18.8 Å². The van der Waals surface area contributed by atoms with Gasteiger partial charge in [-0.15, -0.1) is 0 Å². The molecule has 0 radical (unpaired) electrons. The van der Waals surface area contributed by atoms with E-state index in [0.29, 0.717) is 6.61 Å². The van der Waals surface area contributed by atoms with Gasteiger partial charge in [-0.2, -0.15) is 0 Å². The van der Waals surface area contributed by atoms with E-state index in [0.717, 1.165) is 54.7 Å². The number of hydrogen-bond acceptors (Lipinski definition) is 3.